The lowest BCUT2D eigenvalue weighted by molar-refractivity contribution is -0.154. The zero-order valence-corrected chi connectivity index (χ0v) is 65.3. The van der Waals surface area contributed by atoms with E-state index >= 15 is 8.78 Å². The number of hydrogen-bond donors (Lipinski definition) is 2. The van der Waals surface area contributed by atoms with Gasteiger partial charge in [0.25, 0.3) is 0 Å². The van der Waals surface area contributed by atoms with E-state index in [1.54, 1.807) is 110 Å². The lowest BCUT2D eigenvalue weighted by Gasteiger charge is -2.46. The summed E-state index contributed by atoms with van der Waals surface area (Å²) in [5.74, 6) is -4.15. The summed E-state index contributed by atoms with van der Waals surface area (Å²) in [6, 6.07) is 14.7. The Labute approximate surface area is 623 Å². The van der Waals surface area contributed by atoms with Crippen molar-refractivity contribution in [1.29, 1.82) is 0 Å². The molecule has 0 saturated carbocycles. The van der Waals surface area contributed by atoms with Crippen molar-refractivity contribution in [2.24, 2.45) is 33.8 Å². The van der Waals surface area contributed by atoms with E-state index in [0.29, 0.717) is 67.1 Å². The molecule has 0 fully saturated rings. The van der Waals surface area contributed by atoms with Gasteiger partial charge in [0.15, 0.2) is 11.6 Å². The van der Waals surface area contributed by atoms with E-state index in [1.807, 2.05) is 0 Å². The number of pyridine rings is 2. The molecule has 0 amide bonds. The SMILES string of the molecule is CC(C)(C)OC(=O)CC1=N[C@](C)(c2cc(CC(=O)c3ncc(OC(F)F)cc3Cl)ccc2F)[C@@H]2CCN=[S@]2(=O)C1(C)C.CC(C)(C)OC(=O)CC1=N[C@](C)(c2cc(N)ccc2F)[C@@H]2CCN=[S@]2(=O)C1(C)C.CC1(C)C(N)=N[C@](C)(c2cc(CC(=O)c3ncc(OC(F)F)cc3Cl)ccc2F)[C@@H]2CCN=[S@@]21=O. The van der Waals surface area contributed by atoms with E-state index in [1.165, 1.54) is 48.5 Å². The van der Waals surface area contributed by atoms with Crippen LogP contribution in [0.4, 0.5) is 36.4 Å². The summed E-state index contributed by atoms with van der Waals surface area (Å²) >= 11 is 12.2. The molecule has 33 heteroatoms. The molecule has 9 atom stereocenters. The lowest BCUT2D eigenvalue weighted by Crippen LogP contribution is -2.58. The van der Waals surface area contributed by atoms with E-state index in [0.717, 1.165) is 24.5 Å². The number of aliphatic imine (C=N–C) groups is 3. The van der Waals surface area contributed by atoms with Crippen LogP contribution in [0, 0.1) is 17.5 Å². The first kappa shape index (κ1) is 82.4. The van der Waals surface area contributed by atoms with Crippen LogP contribution in [0.2, 0.25) is 10.0 Å². The highest BCUT2D eigenvalue weighted by Gasteiger charge is 2.60. The van der Waals surface area contributed by atoms with Gasteiger partial charge in [0.2, 0.25) is 0 Å². The molecule has 4 N–H and O–H groups in total. The number of nitrogen functional groups attached to an aromatic ring is 1. The molecule has 0 aliphatic carbocycles. The van der Waals surface area contributed by atoms with Crippen LogP contribution in [0.15, 0.2) is 107 Å². The zero-order chi connectivity index (χ0) is 78.8. The Balaban J connectivity index is 0.000000187. The molecule has 0 spiro atoms. The third-order valence-electron chi connectivity index (χ3n) is 19.8. The number of Topliss-reactive ketones (excluding diaryl/α,β-unsaturated/α-hetero) is 2. The molecule has 106 heavy (non-hydrogen) atoms. The van der Waals surface area contributed by atoms with Gasteiger partial charge in [0.1, 0.15) is 78.7 Å². The molecule has 11 rings (SSSR count). The number of nitrogens with two attached hydrogens (primary N) is 2. The number of halogens is 9. The molecule has 0 radical (unpaired) electrons. The first-order valence-corrected chi connectivity index (χ1v) is 39.4. The molecule has 0 unspecified atom stereocenters. The van der Waals surface area contributed by atoms with Crippen molar-refractivity contribution < 1.29 is 81.5 Å². The minimum atomic E-state index is -3.08. The van der Waals surface area contributed by atoms with E-state index in [4.69, 9.17) is 54.1 Å². The van der Waals surface area contributed by atoms with Gasteiger partial charge >= 0.3 is 25.2 Å². The van der Waals surface area contributed by atoms with Crippen molar-refractivity contribution in [3.05, 3.63) is 146 Å². The standard InChI is InChI=1S/C29H33ClF3N3O5S.C23H24ClF3N4O3S.C21H30FN3O3S/c1-27(2,3)41-24(38)14-22-28(4,5)42(39)23(9-10-35-42)29(6,36-22)18-11-16(7-8-20(18)31)12-21(37)25-19(30)13-17(15-34-25)40-26(32)33;1-22(2)20(28)31-23(3,18-6-7-30-35(18,22)33)14-8-12(4-5-16(14)25)9-17(32)19-15(24)10-13(11-29-19)34-21(26)27;1-19(2,3)28-18(26)12-16-20(4,5)29(27)17(9-10-24-29)21(6,25-16)14-11-13(23)7-8-15(14)22/h7-8,11,13,15,23,26H,9-10,12,14H2,1-6H3;4-5,8,10-11,18,21H,6-7,9H2,1-3H3,(H2,28,31);7-8,11,17H,9-10,12,23H2,1-6H3/t23-,29+,42+;18-,23+,35+;17-,21+,29+/m000/s1. The number of ketones is 2. The molecule has 6 aliphatic rings. The summed E-state index contributed by atoms with van der Waals surface area (Å²) in [5.41, 5.74) is 9.22. The summed E-state index contributed by atoms with van der Waals surface area (Å²) in [4.78, 5) is 73.5. The Morgan fingerprint density at radius 3 is 1.17 bits per heavy atom. The van der Waals surface area contributed by atoms with Gasteiger partial charge < -0.3 is 30.4 Å². The Morgan fingerprint density at radius 2 is 0.830 bits per heavy atom. The Bertz CT molecular complexity index is 4880. The number of aromatic nitrogens is 2. The second-order valence-corrected chi connectivity index (χ2v) is 40.3. The number of hydrogen-bond acceptors (Lipinski definition) is 21. The van der Waals surface area contributed by atoms with Crippen molar-refractivity contribution >= 4 is 98.8 Å². The fraction of sp³-hybridized carbons (Fsp3) is 0.521. The van der Waals surface area contributed by atoms with Crippen molar-refractivity contribution in [2.75, 3.05) is 25.4 Å². The van der Waals surface area contributed by atoms with Crippen LogP contribution in [0.1, 0.15) is 185 Å². The van der Waals surface area contributed by atoms with Crippen LogP contribution in [-0.2, 0) is 77.7 Å². The maximum Gasteiger partial charge on any atom is 0.387 e. The number of fused-ring (bicyclic) bond motifs is 3. The largest absolute Gasteiger partial charge is 0.460 e. The first-order valence-electron chi connectivity index (χ1n) is 33.9. The minimum Gasteiger partial charge on any atom is -0.460 e. The fourth-order valence-corrected chi connectivity index (χ4v) is 24.6. The van der Waals surface area contributed by atoms with E-state index in [2.05, 4.69) is 37.5 Å². The molecule has 6 aliphatic heterocycles. The maximum absolute atomic E-state index is 15.6. The number of carbonyl (C=O) groups is 4. The van der Waals surface area contributed by atoms with Gasteiger partial charge in [-0.25, -0.2) is 48.9 Å². The third-order valence-corrected chi connectivity index (χ3v) is 31.6. The lowest BCUT2D eigenvalue weighted by atomic mass is 9.84. The first-order chi connectivity index (χ1) is 48.9. The van der Waals surface area contributed by atoms with Gasteiger partial charge in [0, 0.05) is 78.4 Å². The van der Waals surface area contributed by atoms with Gasteiger partial charge in [-0.1, -0.05) is 35.3 Å². The third kappa shape index (κ3) is 16.0. The number of nitrogens with zero attached hydrogens (tertiary/aromatic N) is 8. The highest BCUT2D eigenvalue weighted by Crippen LogP contribution is 2.52. The van der Waals surface area contributed by atoms with Crippen LogP contribution >= 0.6 is 23.2 Å². The topological polar surface area (TPSA) is 308 Å². The summed E-state index contributed by atoms with van der Waals surface area (Å²) in [7, 11) is -8.69. The van der Waals surface area contributed by atoms with Crippen LogP contribution < -0.4 is 20.9 Å². The Hall–Kier alpha value is -7.61. The Morgan fingerprint density at radius 1 is 0.500 bits per heavy atom. The number of rotatable bonds is 17. The van der Waals surface area contributed by atoms with Crippen molar-refractivity contribution in [3.63, 3.8) is 0 Å². The van der Waals surface area contributed by atoms with Gasteiger partial charge in [-0.3, -0.25) is 34.2 Å². The smallest absolute Gasteiger partial charge is 0.387 e. The molecule has 21 nitrogen and oxygen atoms in total. The van der Waals surface area contributed by atoms with Crippen LogP contribution in [-0.4, -0.2) is 137 Å². The molecule has 0 bridgehead atoms. The van der Waals surface area contributed by atoms with Crippen molar-refractivity contribution in [2.45, 2.75) is 220 Å². The van der Waals surface area contributed by atoms with Crippen LogP contribution in [0.3, 0.4) is 0 Å². The van der Waals surface area contributed by atoms with E-state index in [9.17, 15) is 53.8 Å². The number of benzene rings is 3. The number of esters is 2. The van der Waals surface area contributed by atoms with Gasteiger partial charge in [-0.15, -0.1) is 0 Å². The van der Waals surface area contributed by atoms with Crippen molar-refractivity contribution in [3.8, 4) is 11.5 Å². The molecular formula is C73H87Cl2F7N10O11S3. The highest BCUT2D eigenvalue weighted by molar-refractivity contribution is 7.97. The second kappa shape index (κ2) is 29.8. The number of amidine groups is 1. The molecule has 576 valence electrons. The van der Waals surface area contributed by atoms with Gasteiger partial charge in [-0.05, 0) is 177 Å². The molecule has 2 aromatic heterocycles. The maximum atomic E-state index is 15.6. The zero-order valence-electron chi connectivity index (χ0n) is 61.3. The average Bonchev–Trinajstić information content (AvgIpc) is 1.66. The summed E-state index contributed by atoms with van der Waals surface area (Å²) in [5, 5.41) is -2.01. The van der Waals surface area contributed by atoms with Crippen LogP contribution in [0.5, 0.6) is 11.5 Å². The molecule has 0 saturated heterocycles. The summed E-state index contributed by atoms with van der Waals surface area (Å²) in [6.07, 6.45) is 2.54. The monoisotopic (exact) mass is 1580 g/mol. The quantitative estimate of drug-likeness (QED) is 0.0378. The average molecular weight is 1580 g/mol. The van der Waals surface area contributed by atoms with Crippen molar-refractivity contribution in [1.82, 2.24) is 9.97 Å². The van der Waals surface area contributed by atoms with E-state index < -0.39 is 141 Å². The van der Waals surface area contributed by atoms with Gasteiger partial charge in [-0.2, -0.15) is 17.6 Å². The van der Waals surface area contributed by atoms with Gasteiger partial charge in [0.05, 0.1) is 89.7 Å². The molecule has 8 heterocycles. The fourth-order valence-electron chi connectivity index (χ4n) is 14.3. The Kier molecular flexibility index (Phi) is 23.1. The van der Waals surface area contributed by atoms with E-state index in [-0.39, 0.29) is 81.1 Å². The normalized spacial score (nSPS) is 27.3. The van der Waals surface area contributed by atoms with Crippen LogP contribution in [0.25, 0.3) is 0 Å². The number of ether oxygens (including phenoxy) is 4. The number of carbonyl (C=O) groups excluding carboxylic acids is 4. The number of alkyl halides is 4. The molecule has 5 aromatic rings. The molecule has 3 aromatic carbocycles. The summed E-state index contributed by atoms with van der Waals surface area (Å²) in [6.45, 7) is 21.2. The molecular weight excluding hydrogens is 1490 g/mol. The predicted octanol–water partition coefficient (Wildman–Crippen LogP) is 14.7. The minimum absolute atomic E-state index is 0.111. The predicted molar refractivity (Wildman–Crippen MR) is 395 cm³/mol. The highest BCUT2D eigenvalue weighted by atomic mass is 35.5. The number of anilines is 1. The second-order valence-electron chi connectivity index (χ2n) is 30.5. The summed E-state index contributed by atoms with van der Waals surface area (Å²) < 4.78 is 168.